The number of piperidine rings is 1. The number of hydrogen-bond acceptors (Lipinski definition) is 3. The minimum atomic E-state index is -3.05. The zero-order valence-electron chi connectivity index (χ0n) is 13.6. The van der Waals surface area contributed by atoms with Crippen molar-refractivity contribution in [1.82, 2.24) is 9.62 Å². The number of sulfonamides is 1. The Morgan fingerprint density at radius 2 is 1.80 bits per heavy atom. The topological polar surface area (TPSA) is 49.4 Å². The average Bonchev–Trinajstić information content (AvgIpc) is 2.37. The predicted molar refractivity (Wildman–Crippen MR) is 85.3 cm³/mol. The van der Waals surface area contributed by atoms with Gasteiger partial charge in [-0.25, -0.2) is 12.7 Å². The molecule has 0 bridgehead atoms. The van der Waals surface area contributed by atoms with Gasteiger partial charge in [0.05, 0.1) is 5.75 Å². The third-order valence-electron chi connectivity index (χ3n) is 3.94. The Balaban J connectivity index is 2.36. The lowest BCUT2D eigenvalue weighted by atomic mass is 9.94. The zero-order valence-corrected chi connectivity index (χ0v) is 14.4. The second kappa shape index (κ2) is 7.76. The normalized spacial score (nSPS) is 19.4. The molecule has 1 aliphatic heterocycles. The molecule has 0 aliphatic carbocycles. The fourth-order valence-electron chi connectivity index (χ4n) is 2.44. The van der Waals surface area contributed by atoms with Gasteiger partial charge in [-0.3, -0.25) is 0 Å². The Morgan fingerprint density at radius 3 is 2.30 bits per heavy atom. The molecule has 1 aliphatic rings. The van der Waals surface area contributed by atoms with Crippen molar-refractivity contribution < 1.29 is 8.42 Å². The van der Waals surface area contributed by atoms with E-state index in [4.69, 9.17) is 0 Å². The molecule has 5 heteroatoms. The van der Waals surface area contributed by atoms with E-state index >= 15 is 0 Å². The Bertz CT molecular complexity index is 366. The molecule has 0 unspecified atom stereocenters. The van der Waals surface area contributed by atoms with E-state index in [1.807, 2.05) is 0 Å². The van der Waals surface area contributed by atoms with Crippen molar-refractivity contribution in [3.05, 3.63) is 0 Å². The van der Waals surface area contributed by atoms with Gasteiger partial charge in [0.1, 0.15) is 0 Å². The highest BCUT2D eigenvalue weighted by atomic mass is 32.2. The highest BCUT2D eigenvalue weighted by Gasteiger charge is 2.28. The molecule has 1 saturated heterocycles. The number of rotatable bonds is 7. The fraction of sp³-hybridized carbons (Fsp3) is 1.00. The van der Waals surface area contributed by atoms with Crippen LogP contribution < -0.4 is 5.32 Å². The number of nitrogens with zero attached hydrogens (tertiary/aromatic N) is 1. The van der Waals surface area contributed by atoms with E-state index in [1.54, 1.807) is 4.31 Å². The first kappa shape index (κ1) is 17.9. The second-order valence-electron chi connectivity index (χ2n) is 7.17. The molecule has 1 rings (SSSR count). The van der Waals surface area contributed by atoms with Crippen molar-refractivity contribution in [3.63, 3.8) is 0 Å². The summed E-state index contributed by atoms with van der Waals surface area (Å²) >= 11 is 0. The van der Waals surface area contributed by atoms with E-state index in [1.165, 1.54) is 0 Å². The third kappa shape index (κ3) is 6.55. The Kier molecular flexibility index (Phi) is 6.95. The standard InChI is InChI=1S/C15H32N2O2S/c1-5-9-16-13-14-6-10-17(11-7-14)20(18,19)12-8-15(2,3)4/h14,16H,5-13H2,1-4H3. The van der Waals surface area contributed by atoms with Gasteiger partial charge in [-0.1, -0.05) is 27.7 Å². The minimum absolute atomic E-state index is 0.0788. The van der Waals surface area contributed by atoms with Gasteiger partial charge < -0.3 is 5.32 Å². The maximum Gasteiger partial charge on any atom is 0.214 e. The summed E-state index contributed by atoms with van der Waals surface area (Å²) < 4.78 is 26.3. The summed E-state index contributed by atoms with van der Waals surface area (Å²) in [4.78, 5) is 0. The van der Waals surface area contributed by atoms with Crippen LogP contribution in [-0.4, -0.2) is 44.7 Å². The average molecular weight is 305 g/mol. The molecule has 0 atom stereocenters. The molecule has 0 saturated carbocycles. The molecule has 0 spiro atoms. The highest BCUT2D eigenvalue weighted by Crippen LogP contribution is 2.23. The van der Waals surface area contributed by atoms with Crippen molar-refractivity contribution in [2.45, 2.75) is 53.4 Å². The molecular weight excluding hydrogens is 272 g/mol. The maximum atomic E-state index is 12.3. The Morgan fingerprint density at radius 1 is 1.20 bits per heavy atom. The van der Waals surface area contributed by atoms with E-state index in [2.05, 4.69) is 33.0 Å². The second-order valence-corrected chi connectivity index (χ2v) is 9.26. The number of hydrogen-bond donors (Lipinski definition) is 1. The predicted octanol–water partition coefficient (Wildman–Crippen LogP) is 2.46. The molecule has 0 aromatic carbocycles. The van der Waals surface area contributed by atoms with Crippen LogP contribution in [0.2, 0.25) is 0 Å². The first-order valence-corrected chi connectivity index (χ1v) is 9.54. The van der Waals surface area contributed by atoms with E-state index < -0.39 is 10.0 Å². The van der Waals surface area contributed by atoms with Crippen molar-refractivity contribution >= 4 is 10.0 Å². The molecule has 0 aromatic rings. The van der Waals surface area contributed by atoms with Crippen molar-refractivity contribution in [2.24, 2.45) is 11.3 Å². The van der Waals surface area contributed by atoms with Gasteiger partial charge in [0.2, 0.25) is 10.0 Å². The molecule has 1 N–H and O–H groups in total. The fourth-order valence-corrected chi connectivity index (χ4v) is 4.33. The zero-order chi connectivity index (χ0) is 15.2. The lowest BCUT2D eigenvalue weighted by Gasteiger charge is -2.32. The van der Waals surface area contributed by atoms with Gasteiger partial charge >= 0.3 is 0 Å². The lowest BCUT2D eigenvalue weighted by molar-refractivity contribution is 0.266. The van der Waals surface area contributed by atoms with Crippen LogP contribution in [0.3, 0.4) is 0 Å². The van der Waals surface area contributed by atoms with Gasteiger partial charge in [0.15, 0.2) is 0 Å². The van der Waals surface area contributed by atoms with E-state index in [0.717, 1.165) is 38.8 Å². The summed E-state index contributed by atoms with van der Waals surface area (Å²) in [5, 5.41) is 3.44. The molecule has 20 heavy (non-hydrogen) atoms. The first-order chi connectivity index (χ1) is 9.24. The van der Waals surface area contributed by atoms with Gasteiger partial charge in [0, 0.05) is 13.1 Å². The molecule has 1 fully saturated rings. The Labute approximate surface area is 125 Å². The van der Waals surface area contributed by atoms with Crippen LogP contribution in [0.5, 0.6) is 0 Å². The molecule has 0 radical (unpaired) electrons. The minimum Gasteiger partial charge on any atom is -0.316 e. The Hall–Kier alpha value is -0.130. The quantitative estimate of drug-likeness (QED) is 0.735. The van der Waals surface area contributed by atoms with Crippen molar-refractivity contribution in [2.75, 3.05) is 31.9 Å². The van der Waals surface area contributed by atoms with E-state index in [-0.39, 0.29) is 11.2 Å². The summed E-state index contributed by atoms with van der Waals surface area (Å²) in [6, 6.07) is 0. The van der Waals surface area contributed by atoms with Crippen molar-refractivity contribution in [1.29, 1.82) is 0 Å². The van der Waals surface area contributed by atoms with Crippen LogP contribution in [0.25, 0.3) is 0 Å². The molecule has 0 aromatic heterocycles. The van der Waals surface area contributed by atoms with Gasteiger partial charge in [-0.2, -0.15) is 0 Å². The molecule has 1 heterocycles. The van der Waals surface area contributed by atoms with Crippen LogP contribution in [0.15, 0.2) is 0 Å². The smallest absolute Gasteiger partial charge is 0.214 e. The largest absolute Gasteiger partial charge is 0.316 e. The maximum absolute atomic E-state index is 12.3. The highest BCUT2D eigenvalue weighted by molar-refractivity contribution is 7.89. The van der Waals surface area contributed by atoms with Crippen LogP contribution in [0.4, 0.5) is 0 Å². The van der Waals surface area contributed by atoms with Crippen LogP contribution in [0.1, 0.15) is 53.4 Å². The first-order valence-electron chi connectivity index (χ1n) is 7.93. The van der Waals surface area contributed by atoms with Crippen LogP contribution >= 0.6 is 0 Å². The van der Waals surface area contributed by atoms with Gasteiger partial charge in [-0.05, 0) is 50.1 Å². The monoisotopic (exact) mass is 304 g/mol. The molecule has 4 nitrogen and oxygen atoms in total. The van der Waals surface area contributed by atoms with Crippen LogP contribution in [-0.2, 0) is 10.0 Å². The summed E-state index contributed by atoms with van der Waals surface area (Å²) in [7, 11) is -3.05. The summed E-state index contributed by atoms with van der Waals surface area (Å²) in [5.74, 6) is 0.922. The third-order valence-corrected chi connectivity index (χ3v) is 5.81. The SMILES string of the molecule is CCCNCC1CCN(S(=O)(=O)CCC(C)(C)C)CC1. The van der Waals surface area contributed by atoms with Gasteiger partial charge in [0.25, 0.3) is 0 Å². The summed E-state index contributed by atoms with van der Waals surface area (Å²) in [5.41, 5.74) is 0.0788. The van der Waals surface area contributed by atoms with Crippen LogP contribution in [0, 0.1) is 11.3 Å². The number of nitrogens with one attached hydrogen (secondary N) is 1. The van der Waals surface area contributed by atoms with E-state index in [9.17, 15) is 8.42 Å². The van der Waals surface area contributed by atoms with Gasteiger partial charge in [-0.15, -0.1) is 0 Å². The summed E-state index contributed by atoms with van der Waals surface area (Å²) in [6.45, 7) is 11.9. The molecule has 0 amide bonds. The summed E-state index contributed by atoms with van der Waals surface area (Å²) in [6.07, 6.45) is 3.87. The lowest BCUT2D eigenvalue weighted by Crippen LogP contribution is -2.42. The van der Waals surface area contributed by atoms with E-state index in [0.29, 0.717) is 19.0 Å². The van der Waals surface area contributed by atoms with Crippen molar-refractivity contribution in [3.8, 4) is 0 Å². The molecular formula is C15H32N2O2S. The molecule has 120 valence electrons.